The van der Waals surface area contributed by atoms with E-state index in [1.54, 1.807) is 0 Å². The molecule has 7 nitrogen and oxygen atoms in total. The fourth-order valence-electron chi connectivity index (χ4n) is 4.33. The number of carbonyl (C=O) groups excluding carboxylic acids is 1. The number of aryl methyl sites for hydroxylation is 3. The summed E-state index contributed by atoms with van der Waals surface area (Å²) in [6.07, 6.45) is 0. The third-order valence-corrected chi connectivity index (χ3v) is 8.99. The maximum Gasteiger partial charge on any atom is 0.244 e. The van der Waals surface area contributed by atoms with Crippen molar-refractivity contribution in [3.8, 4) is 5.75 Å². The van der Waals surface area contributed by atoms with Crippen LogP contribution in [0.15, 0.2) is 41.4 Å². The van der Waals surface area contributed by atoms with Gasteiger partial charge in [0, 0.05) is 16.6 Å². The van der Waals surface area contributed by atoms with E-state index in [0.717, 1.165) is 33.8 Å². The summed E-state index contributed by atoms with van der Waals surface area (Å²) in [5.41, 5.74) is 4.81. The molecule has 1 N–H and O–H groups in total. The minimum absolute atomic E-state index is 0.0682. The summed E-state index contributed by atoms with van der Waals surface area (Å²) >= 11 is 1.44. The lowest BCUT2D eigenvalue weighted by molar-refractivity contribution is -0.114. The van der Waals surface area contributed by atoms with E-state index in [1.807, 2.05) is 69.0 Å². The Balaban J connectivity index is 1.59. The molecule has 1 saturated heterocycles. The van der Waals surface area contributed by atoms with E-state index in [2.05, 4.69) is 5.32 Å². The predicted molar refractivity (Wildman–Crippen MR) is 135 cm³/mol. The van der Waals surface area contributed by atoms with E-state index in [1.165, 1.54) is 11.8 Å². The van der Waals surface area contributed by atoms with Gasteiger partial charge in [0.15, 0.2) is 15.0 Å². The molecular formula is C24H29N3O4S2. The fourth-order valence-corrected chi connectivity index (χ4v) is 8.11. The molecule has 0 bridgehead atoms. The smallest absolute Gasteiger partial charge is 0.244 e. The van der Waals surface area contributed by atoms with Gasteiger partial charge in [-0.3, -0.25) is 9.79 Å². The highest BCUT2D eigenvalue weighted by Crippen LogP contribution is 2.37. The molecule has 2 aliphatic heterocycles. The Morgan fingerprint density at radius 2 is 1.82 bits per heavy atom. The second-order valence-electron chi connectivity index (χ2n) is 8.55. The molecule has 2 aromatic rings. The molecule has 4 rings (SSSR count). The number of nitrogens with zero attached hydrogens (tertiary/aromatic N) is 2. The monoisotopic (exact) mass is 487 g/mol. The number of anilines is 2. The van der Waals surface area contributed by atoms with Crippen LogP contribution in [0, 0.1) is 20.8 Å². The fraction of sp³-hybridized carbons (Fsp3) is 0.417. The number of aliphatic imine (C=N–C) groups is 1. The molecular weight excluding hydrogens is 458 g/mol. The predicted octanol–water partition coefficient (Wildman–Crippen LogP) is 3.72. The van der Waals surface area contributed by atoms with Crippen molar-refractivity contribution in [1.82, 2.24) is 0 Å². The van der Waals surface area contributed by atoms with Crippen molar-refractivity contribution >= 4 is 44.0 Å². The van der Waals surface area contributed by atoms with Gasteiger partial charge in [-0.05, 0) is 63.1 Å². The molecule has 1 fully saturated rings. The van der Waals surface area contributed by atoms with Gasteiger partial charge in [0.25, 0.3) is 0 Å². The van der Waals surface area contributed by atoms with Crippen LogP contribution in [0.2, 0.25) is 0 Å². The molecule has 2 aromatic carbocycles. The van der Waals surface area contributed by atoms with Crippen molar-refractivity contribution in [2.45, 2.75) is 39.0 Å². The zero-order chi connectivity index (χ0) is 23.8. The second kappa shape index (κ2) is 9.38. The highest BCUT2D eigenvalue weighted by Gasteiger charge is 2.44. The third-order valence-electron chi connectivity index (χ3n) is 5.74. The maximum absolute atomic E-state index is 13.1. The van der Waals surface area contributed by atoms with Crippen molar-refractivity contribution in [3.05, 3.63) is 53.1 Å². The number of fused-ring (bicyclic) bond motifs is 1. The number of sulfone groups is 1. The van der Waals surface area contributed by atoms with E-state index >= 15 is 0 Å². The summed E-state index contributed by atoms with van der Waals surface area (Å²) in [5, 5.41) is 3.64. The topological polar surface area (TPSA) is 88.1 Å². The number of ether oxygens (including phenoxy) is 1. The number of benzene rings is 2. The van der Waals surface area contributed by atoms with E-state index < -0.39 is 9.84 Å². The van der Waals surface area contributed by atoms with Crippen LogP contribution < -0.4 is 15.0 Å². The van der Waals surface area contributed by atoms with Crippen molar-refractivity contribution < 1.29 is 17.9 Å². The molecule has 1 amide bonds. The van der Waals surface area contributed by atoms with Gasteiger partial charge in [-0.1, -0.05) is 29.5 Å². The Kier molecular flexibility index (Phi) is 6.72. The van der Waals surface area contributed by atoms with E-state index in [9.17, 15) is 13.2 Å². The Bertz CT molecular complexity index is 1170. The normalized spacial score (nSPS) is 20.8. The quantitative estimate of drug-likeness (QED) is 0.668. The molecule has 0 radical (unpaired) electrons. The summed E-state index contributed by atoms with van der Waals surface area (Å²) < 4.78 is 29.5. The molecule has 176 valence electrons. The second-order valence-corrected chi connectivity index (χ2v) is 11.9. The van der Waals surface area contributed by atoms with Gasteiger partial charge in [-0.25, -0.2) is 8.42 Å². The molecule has 0 aliphatic carbocycles. The largest absolute Gasteiger partial charge is 0.494 e. The van der Waals surface area contributed by atoms with Crippen molar-refractivity contribution in [2.75, 3.05) is 34.9 Å². The molecule has 2 atom stereocenters. The first-order valence-electron chi connectivity index (χ1n) is 11.0. The van der Waals surface area contributed by atoms with Crippen LogP contribution in [0.3, 0.4) is 0 Å². The number of hydrogen-bond donors (Lipinski definition) is 1. The summed E-state index contributed by atoms with van der Waals surface area (Å²) in [6, 6.07) is 11.4. The van der Waals surface area contributed by atoms with Crippen LogP contribution >= 0.6 is 11.8 Å². The van der Waals surface area contributed by atoms with E-state index in [-0.39, 0.29) is 35.2 Å². The van der Waals surface area contributed by atoms with Gasteiger partial charge >= 0.3 is 0 Å². The number of hydrogen-bond acceptors (Lipinski definition) is 7. The number of rotatable bonds is 6. The summed E-state index contributed by atoms with van der Waals surface area (Å²) in [5.74, 6) is 0.784. The van der Waals surface area contributed by atoms with Gasteiger partial charge in [0.05, 0.1) is 24.2 Å². The lowest BCUT2D eigenvalue weighted by Gasteiger charge is -2.25. The Hall–Kier alpha value is -2.52. The molecule has 33 heavy (non-hydrogen) atoms. The average Bonchev–Trinajstić information content (AvgIpc) is 3.23. The number of amidine groups is 1. The van der Waals surface area contributed by atoms with Gasteiger partial charge in [0.2, 0.25) is 5.91 Å². The summed E-state index contributed by atoms with van der Waals surface area (Å²) in [4.78, 5) is 19.7. The Labute approximate surface area is 199 Å². The SMILES string of the molecule is CCOc1ccc(N(CC(=O)Nc2c(C)cc(C)cc2C)C2=NC3CS(=O)(=O)CC3S2)cc1. The standard InChI is InChI=1S/C24H29N3O4S2/c1-5-31-19-8-6-18(7-9-19)27(24-25-20-13-33(29,30)14-21(20)32-24)12-22(28)26-23-16(3)10-15(2)11-17(23)4/h6-11,20-21H,5,12-14H2,1-4H3,(H,26,28). The van der Waals surface area contributed by atoms with E-state index in [0.29, 0.717) is 11.8 Å². The van der Waals surface area contributed by atoms with E-state index in [4.69, 9.17) is 9.73 Å². The highest BCUT2D eigenvalue weighted by atomic mass is 32.2. The number of carbonyl (C=O) groups is 1. The molecule has 0 spiro atoms. The number of thioether (sulfide) groups is 1. The van der Waals surface area contributed by atoms with Crippen LogP contribution in [0.1, 0.15) is 23.6 Å². The van der Waals surface area contributed by atoms with Crippen LogP contribution in [0.4, 0.5) is 11.4 Å². The van der Waals surface area contributed by atoms with Gasteiger partial charge in [-0.15, -0.1) is 0 Å². The zero-order valence-electron chi connectivity index (χ0n) is 19.3. The first-order valence-corrected chi connectivity index (χ1v) is 13.7. The maximum atomic E-state index is 13.1. The zero-order valence-corrected chi connectivity index (χ0v) is 20.9. The molecule has 0 aromatic heterocycles. The lowest BCUT2D eigenvalue weighted by Crippen LogP contribution is -2.37. The summed E-state index contributed by atoms with van der Waals surface area (Å²) in [7, 11) is -3.05. The van der Waals surface area contributed by atoms with Crippen LogP contribution in [-0.4, -0.2) is 55.4 Å². The third kappa shape index (κ3) is 5.35. The Morgan fingerprint density at radius 1 is 1.15 bits per heavy atom. The van der Waals surface area contributed by atoms with Gasteiger partial charge < -0.3 is 15.0 Å². The van der Waals surface area contributed by atoms with Crippen LogP contribution in [0.25, 0.3) is 0 Å². The molecule has 2 aliphatic rings. The first kappa shape index (κ1) is 23.6. The van der Waals surface area contributed by atoms with Gasteiger partial charge in [-0.2, -0.15) is 0 Å². The van der Waals surface area contributed by atoms with Crippen molar-refractivity contribution in [1.29, 1.82) is 0 Å². The molecule has 2 unspecified atom stereocenters. The lowest BCUT2D eigenvalue weighted by atomic mass is 10.1. The summed E-state index contributed by atoms with van der Waals surface area (Å²) in [6.45, 7) is 8.57. The van der Waals surface area contributed by atoms with Gasteiger partial charge in [0.1, 0.15) is 12.3 Å². The minimum atomic E-state index is -3.05. The van der Waals surface area contributed by atoms with Crippen LogP contribution in [0.5, 0.6) is 5.75 Å². The average molecular weight is 488 g/mol. The molecule has 0 saturated carbocycles. The van der Waals surface area contributed by atoms with Crippen molar-refractivity contribution in [3.63, 3.8) is 0 Å². The molecule has 2 heterocycles. The number of nitrogens with one attached hydrogen (secondary N) is 1. The Morgan fingerprint density at radius 3 is 2.42 bits per heavy atom. The van der Waals surface area contributed by atoms with Crippen molar-refractivity contribution in [2.24, 2.45) is 4.99 Å². The molecule has 9 heteroatoms. The van der Waals surface area contributed by atoms with Crippen LogP contribution in [-0.2, 0) is 14.6 Å². The number of amides is 1. The highest BCUT2D eigenvalue weighted by molar-refractivity contribution is 8.15. The minimum Gasteiger partial charge on any atom is -0.494 e. The first-order chi connectivity index (χ1) is 15.6.